The topological polar surface area (TPSA) is 66.5 Å². The number of carbonyl (C=O) groups excluding carboxylic acids is 3. The number of imide groups is 1. The molecule has 146 valence electrons. The van der Waals surface area contributed by atoms with Gasteiger partial charge in [0.05, 0.1) is 22.4 Å². The van der Waals surface area contributed by atoms with Crippen molar-refractivity contribution in [3.8, 4) is 0 Å². The van der Waals surface area contributed by atoms with Crippen LogP contribution in [0, 0.1) is 0 Å². The summed E-state index contributed by atoms with van der Waals surface area (Å²) in [5, 5.41) is 2.10. The molecule has 1 aliphatic heterocycles. The van der Waals surface area contributed by atoms with Crippen LogP contribution >= 0.6 is 11.6 Å². The van der Waals surface area contributed by atoms with Crippen LogP contribution in [0.25, 0.3) is 0 Å². The molecule has 3 amide bonds. The standard InChI is InChI=1S/C19H14ClF3N2O3/c20-11-7-8-15(14(10-11)19(21,22)23)24-16(26)6-3-9-25-17(27)12-4-1-2-5-13(12)18(25)28/h1-2,4-5,7-8,10H,3,6,9H2,(H,24,26). The molecule has 3 rings (SSSR count). The van der Waals surface area contributed by atoms with Crippen molar-refractivity contribution in [2.75, 3.05) is 11.9 Å². The summed E-state index contributed by atoms with van der Waals surface area (Å²) >= 11 is 5.60. The van der Waals surface area contributed by atoms with Gasteiger partial charge < -0.3 is 5.32 Å². The Bertz CT molecular complexity index is 925. The third-order valence-corrected chi connectivity index (χ3v) is 4.46. The van der Waals surface area contributed by atoms with E-state index in [2.05, 4.69) is 5.32 Å². The van der Waals surface area contributed by atoms with Gasteiger partial charge >= 0.3 is 6.18 Å². The maximum atomic E-state index is 13.1. The number of benzene rings is 2. The lowest BCUT2D eigenvalue weighted by atomic mass is 10.1. The van der Waals surface area contributed by atoms with Crippen molar-refractivity contribution in [2.24, 2.45) is 0 Å². The van der Waals surface area contributed by atoms with Crippen LogP contribution in [-0.4, -0.2) is 29.2 Å². The van der Waals surface area contributed by atoms with Gasteiger partial charge in [0.25, 0.3) is 11.8 Å². The van der Waals surface area contributed by atoms with Crippen molar-refractivity contribution < 1.29 is 27.6 Å². The van der Waals surface area contributed by atoms with Crippen LogP contribution in [0.2, 0.25) is 5.02 Å². The summed E-state index contributed by atoms with van der Waals surface area (Å²) in [6, 6.07) is 9.42. The first-order chi connectivity index (χ1) is 13.2. The van der Waals surface area contributed by atoms with E-state index in [1.54, 1.807) is 24.3 Å². The van der Waals surface area contributed by atoms with E-state index in [1.807, 2.05) is 0 Å². The molecule has 0 aliphatic carbocycles. The number of nitrogens with zero attached hydrogens (tertiary/aromatic N) is 1. The molecule has 0 aromatic heterocycles. The van der Waals surface area contributed by atoms with E-state index in [0.29, 0.717) is 11.1 Å². The van der Waals surface area contributed by atoms with Gasteiger partial charge in [0.2, 0.25) is 5.91 Å². The van der Waals surface area contributed by atoms with Crippen LogP contribution in [0.5, 0.6) is 0 Å². The largest absolute Gasteiger partial charge is 0.418 e. The number of halogens is 4. The molecule has 0 unspecified atom stereocenters. The zero-order chi connectivity index (χ0) is 20.5. The maximum Gasteiger partial charge on any atom is 0.418 e. The second-order valence-corrected chi connectivity index (χ2v) is 6.58. The molecule has 0 spiro atoms. The van der Waals surface area contributed by atoms with E-state index in [4.69, 9.17) is 11.6 Å². The highest BCUT2D eigenvalue weighted by atomic mass is 35.5. The minimum atomic E-state index is -4.67. The number of amides is 3. The van der Waals surface area contributed by atoms with Crippen LogP contribution in [0.1, 0.15) is 39.1 Å². The highest BCUT2D eigenvalue weighted by Crippen LogP contribution is 2.36. The molecule has 0 atom stereocenters. The summed E-state index contributed by atoms with van der Waals surface area (Å²) in [6.45, 7) is -0.00743. The molecule has 1 aliphatic rings. The van der Waals surface area contributed by atoms with Gasteiger partial charge in [0.15, 0.2) is 0 Å². The van der Waals surface area contributed by atoms with Gasteiger partial charge in [-0.3, -0.25) is 19.3 Å². The van der Waals surface area contributed by atoms with Crippen molar-refractivity contribution in [3.05, 3.63) is 64.2 Å². The zero-order valence-electron chi connectivity index (χ0n) is 14.3. The summed E-state index contributed by atoms with van der Waals surface area (Å²) in [4.78, 5) is 37.5. The number of hydrogen-bond acceptors (Lipinski definition) is 3. The molecule has 9 heteroatoms. The highest BCUT2D eigenvalue weighted by molar-refractivity contribution is 6.30. The molecule has 1 N–H and O–H groups in total. The smallest absolute Gasteiger partial charge is 0.326 e. The predicted octanol–water partition coefficient (Wildman–Crippen LogP) is 4.37. The molecular weight excluding hydrogens is 397 g/mol. The average Bonchev–Trinajstić information content (AvgIpc) is 2.87. The molecule has 1 heterocycles. The number of alkyl halides is 3. The van der Waals surface area contributed by atoms with Crippen molar-refractivity contribution in [1.82, 2.24) is 4.90 Å². The SMILES string of the molecule is O=C(CCCN1C(=O)c2ccccc2C1=O)Nc1ccc(Cl)cc1C(F)(F)F. The number of rotatable bonds is 5. The molecule has 5 nitrogen and oxygen atoms in total. The second-order valence-electron chi connectivity index (χ2n) is 6.15. The monoisotopic (exact) mass is 410 g/mol. The normalized spacial score (nSPS) is 13.6. The lowest BCUT2D eigenvalue weighted by Crippen LogP contribution is -2.31. The van der Waals surface area contributed by atoms with Crippen molar-refractivity contribution in [2.45, 2.75) is 19.0 Å². The minimum absolute atomic E-state index is 0.00743. The Kier molecular flexibility index (Phi) is 5.42. The highest BCUT2D eigenvalue weighted by Gasteiger charge is 2.35. The van der Waals surface area contributed by atoms with Gasteiger partial charge in [-0.15, -0.1) is 0 Å². The summed E-state index contributed by atoms with van der Waals surface area (Å²) in [5.74, 6) is -1.56. The third-order valence-electron chi connectivity index (χ3n) is 4.22. The number of carbonyl (C=O) groups is 3. The fraction of sp³-hybridized carbons (Fsp3) is 0.211. The van der Waals surface area contributed by atoms with Gasteiger partial charge in [-0.25, -0.2) is 0 Å². The lowest BCUT2D eigenvalue weighted by molar-refractivity contribution is -0.137. The molecule has 28 heavy (non-hydrogen) atoms. The minimum Gasteiger partial charge on any atom is -0.326 e. The van der Waals surface area contributed by atoms with Crippen LogP contribution in [-0.2, 0) is 11.0 Å². The number of fused-ring (bicyclic) bond motifs is 1. The summed E-state index contributed by atoms with van der Waals surface area (Å²) < 4.78 is 39.2. The fourth-order valence-corrected chi connectivity index (χ4v) is 3.08. The Morgan fingerprint density at radius 1 is 1.04 bits per heavy atom. The number of hydrogen-bond donors (Lipinski definition) is 1. The van der Waals surface area contributed by atoms with E-state index in [-0.39, 0.29) is 24.4 Å². The Morgan fingerprint density at radius 2 is 1.64 bits per heavy atom. The predicted molar refractivity (Wildman–Crippen MR) is 96.1 cm³/mol. The van der Waals surface area contributed by atoms with Gasteiger partial charge in [-0.2, -0.15) is 13.2 Å². The van der Waals surface area contributed by atoms with Crippen LogP contribution in [0.3, 0.4) is 0 Å². The Hall–Kier alpha value is -2.87. The first-order valence-corrected chi connectivity index (χ1v) is 8.68. The molecule has 0 saturated heterocycles. The van der Waals surface area contributed by atoms with Crippen molar-refractivity contribution in [3.63, 3.8) is 0 Å². The summed E-state index contributed by atoms with van der Waals surface area (Å²) in [5.41, 5.74) is -0.850. The molecule has 2 aromatic carbocycles. The number of nitrogens with one attached hydrogen (secondary N) is 1. The van der Waals surface area contributed by atoms with E-state index >= 15 is 0 Å². The Morgan fingerprint density at radius 3 is 2.21 bits per heavy atom. The van der Waals surface area contributed by atoms with Crippen LogP contribution in [0.4, 0.5) is 18.9 Å². The lowest BCUT2D eigenvalue weighted by Gasteiger charge is -2.15. The molecule has 2 aromatic rings. The third kappa shape index (κ3) is 4.01. The Balaban J connectivity index is 1.59. The van der Waals surface area contributed by atoms with Crippen LogP contribution in [0.15, 0.2) is 42.5 Å². The molecule has 0 saturated carbocycles. The van der Waals surface area contributed by atoms with Crippen molar-refractivity contribution >= 4 is 35.0 Å². The van der Waals surface area contributed by atoms with E-state index in [1.165, 1.54) is 6.07 Å². The summed E-state index contributed by atoms with van der Waals surface area (Å²) in [7, 11) is 0. The van der Waals surface area contributed by atoms with Gasteiger partial charge in [-0.1, -0.05) is 23.7 Å². The summed E-state index contributed by atoms with van der Waals surface area (Å²) in [6.07, 6.45) is -4.72. The van der Waals surface area contributed by atoms with E-state index in [0.717, 1.165) is 17.0 Å². The van der Waals surface area contributed by atoms with Gasteiger partial charge in [0.1, 0.15) is 0 Å². The van der Waals surface area contributed by atoms with Gasteiger partial charge in [0, 0.05) is 18.0 Å². The quantitative estimate of drug-likeness (QED) is 0.744. The zero-order valence-corrected chi connectivity index (χ0v) is 15.1. The van der Waals surface area contributed by atoms with Crippen molar-refractivity contribution in [1.29, 1.82) is 0 Å². The molecule has 0 bridgehead atoms. The average molecular weight is 411 g/mol. The molecule has 0 fully saturated rings. The Labute approximate surface area is 163 Å². The van der Waals surface area contributed by atoms with E-state index < -0.39 is 35.1 Å². The molecule has 0 radical (unpaired) electrons. The van der Waals surface area contributed by atoms with Gasteiger partial charge in [-0.05, 0) is 36.8 Å². The number of anilines is 1. The maximum absolute atomic E-state index is 13.1. The fourth-order valence-electron chi connectivity index (χ4n) is 2.91. The van der Waals surface area contributed by atoms with E-state index in [9.17, 15) is 27.6 Å². The van der Waals surface area contributed by atoms with Crippen LogP contribution < -0.4 is 5.32 Å². The first-order valence-electron chi connectivity index (χ1n) is 8.30. The second kappa shape index (κ2) is 7.63. The first kappa shape index (κ1) is 19.9. The molecular formula is C19H14ClF3N2O3.